The Morgan fingerprint density at radius 2 is 2.00 bits per heavy atom. The van der Waals surface area contributed by atoms with Gasteiger partial charge >= 0.3 is 0 Å². The van der Waals surface area contributed by atoms with Crippen molar-refractivity contribution >= 4 is 23.3 Å². The maximum Gasteiger partial charge on any atom is 0.255 e. The molecule has 31 heavy (non-hydrogen) atoms. The number of aliphatic hydroxyl groups is 1. The number of carbonyl (C=O) groups is 1. The third-order valence-corrected chi connectivity index (χ3v) is 4.76. The third kappa shape index (κ3) is 4.79. The summed E-state index contributed by atoms with van der Waals surface area (Å²) in [7, 11) is 0. The lowest BCUT2D eigenvalue weighted by atomic mass is 10.2. The second-order valence-electron chi connectivity index (χ2n) is 6.90. The van der Waals surface area contributed by atoms with Crippen LogP contribution < -0.4 is 10.1 Å². The fourth-order valence-electron chi connectivity index (χ4n) is 3.12. The van der Waals surface area contributed by atoms with Crippen molar-refractivity contribution in [3.8, 4) is 5.75 Å². The molecule has 0 fully saturated rings. The monoisotopic (exact) mass is 414 g/mol. The summed E-state index contributed by atoms with van der Waals surface area (Å²) in [6.07, 6.45) is 6.97. The number of rotatable bonds is 7. The molecule has 1 amide bonds. The van der Waals surface area contributed by atoms with Gasteiger partial charge in [-0.1, -0.05) is 12.1 Å². The molecule has 4 rings (SSSR count). The summed E-state index contributed by atoms with van der Waals surface area (Å²) < 4.78 is 7.62. The van der Waals surface area contributed by atoms with Crippen molar-refractivity contribution in [2.24, 2.45) is 0 Å². The molecule has 0 saturated heterocycles. The van der Waals surface area contributed by atoms with Gasteiger partial charge in [0.1, 0.15) is 18.0 Å². The molecule has 0 aliphatic rings. The first-order valence-corrected chi connectivity index (χ1v) is 9.84. The lowest BCUT2D eigenvalue weighted by molar-refractivity contribution is 0.102. The van der Waals surface area contributed by atoms with Crippen LogP contribution in [0.25, 0.3) is 11.7 Å². The van der Waals surface area contributed by atoms with E-state index < -0.39 is 0 Å². The van der Waals surface area contributed by atoms with Gasteiger partial charge in [-0.15, -0.1) is 0 Å². The number of benzene rings is 1. The number of imidazole rings is 1. The van der Waals surface area contributed by atoms with Crippen molar-refractivity contribution < 1.29 is 14.6 Å². The van der Waals surface area contributed by atoms with E-state index in [1.165, 1.54) is 0 Å². The summed E-state index contributed by atoms with van der Waals surface area (Å²) in [4.78, 5) is 21.4. The quantitative estimate of drug-likeness (QED) is 0.479. The Bertz CT molecular complexity index is 1220. The average Bonchev–Trinajstić information content (AvgIpc) is 3.12. The van der Waals surface area contributed by atoms with E-state index in [0.717, 1.165) is 22.7 Å². The maximum absolute atomic E-state index is 12.6. The Kier molecular flexibility index (Phi) is 6.05. The highest BCUT2D eigenvalue weighted by atomic mass is 16.5. The lowest BCUT2D eigenvalue weighted by Gasteiger charge is -2.08. The van der Waals surface area contributed by atoms with Crippen LogP contribution in [-0.4, -0.2) is 32.0 Å². The van der Waals surface area contributed by atoms with Crippen LogP contribution in [0.15, 0.2) is 73.1 Å². The number of nitrogens with zero attached hydrogens (tertiary/aromatic N) is 3. The first-order valence-electron chi connectivity index (χ1n) is 9.84. The lowest BCUT2D eigenvalue weighted by Crippen LogP contribution is -2.12. The molecule has 0 bridgehead atoms. The van der Waals surface area contributed by atoms with E-state index in [4.69, 9.17) is 9.84 Å². The molecule has 4 aromatic rings. The van der Waals surface area contributed by atoms with Crippen LogP contribution in [0, 0.1) is 6.92 Å². The zero-order valence-electron chi connectivity index (χ0n) is 17.0. The molecule has 0 spiro atoms. The van der Waals surface area contributed by atoms with Crippen molar-refractivity contribution in [2.45, 2.75) is 13.5 Å². The second kappa shape index (κ2) is 9.23. The summed E-state index contributed by atoms with van der Waals surface area (Å²) in [5.74, 6) is 0.454. The maximum atomic E-state index is 12.6. The number of aromatic nitrogens is 3. The predicted molar refractivity (Wildman–Crippen MR) is 119 cm³/mol. The van der Waals surface area contributed by atoms with E-state index in [2.05, 4.69) is 15.3 Å². The Morgan fingerprint density at radius 1 is 1.16 bits per heavy atom. The molecule has 2 N–H and O–H groups in total. The van der Waals surface area contributed by atoms with E-state index in [0.29, 0.717) is 23.6 Å². The molecular weight excluding hydrogens is 392 g/mol. The van der Waals surface area contributed by atoms with Gasteiger partial charge in [0.15, 0.2) is 0 Å². The van der Waals surface area contributed by atoms with Crippen molar-refractivity contribution in [3.05, 3.63) is 95.7 Å². The fraction of sp³-hybridized carbons (Fsp3) is 0.125. The average molecular weight is 414 g/mol. The number of hydrogen-bond acceptors (Lipinski definition) is 5. The van der Waals surface area contributed by atoms with Gasteiger partial charge in [-0.25, -0.2) is 4.98 Å². The van der Waals surface area contributed by atoms with Crippen molar-refractivity contribution in [3.63, 3.8) is 0 Å². The van der Waals surface area contributed by atoms with Crippen LogP contribution >= 0.6 is 0 Å². The van der Waals surface area contributed by atoms with E-state index in [9.17, 15) is 4.79 Å². The molecule has 3 heterocycles. The molecule has 1 aromatic carbocycles. The van der Waals surface area contributed by atoms with Crippen molar-refractivity contribution in [2.75, 3.05) is 11.9 Å². The van der Waals surface area contributed by atoms with E-state index in [1.54, 1.807) is 42.6 Å². The summed E-state index contributed by atoms with van der Waals surface area (Å²) in [6.45, 7) is 2.26. The molecule has 0 aliphatic heterocycles. The zero-order valence-corrected chi connectivity index (χ0v) is 17.0. The summed E-state index contributed by atoms with van der Waals surface area (Å²) in [5.41, 5.74) is 4.49. The van der Waals surface area contributed by atoms with Gasteiger partial charge in [0.25, 0.3) is 5.91 Å². The Labute approximate surface area is 179 Å². The highest BCUT2D eigenvalue weighted by molar-refractivity contribution is 6.04. The van der Waals surface area contributed by atoms with E-state index in [-0.39, 0.29) is 12.5 Å². The first-order chi connectivity index (χ1) is 15.1. The number of aliphatic hydroxyl groups excluding tert-OH is 1. The molecule has 7 nitrogen and oxygen atoms in total. The van der Waals surface area contributed by atoms with Crippen LogP contribution in [0.5, 0.6) is 5.75 Å². The molecule has 156 valence electrons. The normalized spacial score (nSPS) is 11.2. The molecule has 0 radical (unpaired) electrons. The highest BCUT2D eigenvalue weighted by Gasteiger charge is 2.10. The molecule has 3 aromatic heterocycles. The van der Waals surface area contributed by atoms with Gasteiger partial charge in [-0.3, -0.25) is 9.78 Å². The summed E-state index contributed by atoms with van der Waals surface area (Å²) in [5, 5.41) is 11.9. The Morgan fingerprint density at radius 3 is 2.74 bits per heavy atom. The van der Waals surface area contributed by atoms with Crippen molar-refractivity contribution in [1.29, 1.82) is 0 Å². The SMILES string of the molecule is Cc1c(C=CCO)nc2ccc(NC(=O)c3ccc(OCc4ccccn4)cc3)cn12. The van der Waals surface area contributed by atoms with E-state index >= 15 is 0 Å². The van der Waals surface area contributed by atoms with Crippen LogP contribution in [0.3, 0.4) is 0 Å². The number of anilines is 1. The third-order valence-electron chi connectivity index (χ3n) is 4.76. The van der Waals surface area contributed by atoms with Crippen LogP contribution in [0.1, 0.15) is 27.4 Å². The first kappa shape index (κ1) is 20.3. The smallest absolute Gasteiger partial charge is 0.255 e. The number of amides is 1. The predicted octanol–water partition coefficient (Wildman–Crippen LogP) is 3.87. The number of aryl methyl sites for hydroxylation is 1. The molecule has 0 saturated carbocycles. The van der Waals surface area contributed by atoms with E-state index in [1.807, 2.05) is 47.9 Å². The molecule has 0 atom stereocenters. The number of ether oxygens (including phenoxy) is 1. The summed E-state index contributed by atoms with van der Waals surface area (Å²) in [6, 6.07) is 16.3. The van der Waals surface area contributed by atoms with Crippen molar-refractivity contribution in [1.82, 2.24) is 14.4 Å². The Balaban J connectivity index is 1.43. The van der Waals surface area contributed by atoms with Gasteiger partial charge in [-0.05, 0) is 61.5 Å². The van der Waals surface area contributed by atoms with Crippen LogP contribution in [0.4, 0.5) is 5.69 Å². The number of nitrogens with one attached hydrogen (secondary N) is 1. The molecular formula is C24H22N4O3. The second-order valence-corrected chi connectivity index (χ2v) is 6.90. The van der Waals surface area contributed by atoms with Crippen LogP contribution in [0.2, 0.25) is 0 Å². The van der Waals surface area contributed by atoms with Gasteiger partial charge in [-0.2, -0.15) is 0 Å². The molecule has 0 unspecified atom stereocenters. The number of pyridine rings is 2. The molecule has 0 aliphatic carbocycles. The van der Waals surface area contributed by atoms with Gasteiger partial charge in [0, 0.05) is 23.7 Å². The van der Waals surface area contributed by atoms with Gasteiger partial charge in [0.05, 0.1) is 23.7 Å². The minimum absolute atomic E-state index is 0.0401. The summed E-state index contributed by atoms with van der Waals surface area (Å²) >= 11 is 0. The Hall–Kier alpha value is -3.97. The topological polar surface area (TPSA) is 88.8 Å². The van der Waals surface area contributed by atoms with Gasteiger partial charge in [0.2, 0.25) is 0 Å². The number of fused-ring (bicyclic) bond motifs is 1. The standard InChI is InChI=1S/C24H22N4O3/c1-17-22(6-4-14-29)27-23-12-9-19(15-28(17)23)26-24(30)18-7-10-21(11-8-18)31-16-20-5-2-3-13-25-20/h2-13,15,29H,14,16H2,1H3,(H,26,30). The van der Waals surface area contributed by atoms with Crippen LogP contribution in [-0.2, 0) is 6.61 Å². The molecule has 7 heteroatoms. The number of carbonyl (C=O) groups excluding carboxylic acids is 1. The fourth-order valence-corrected chi connectivity index (χ4v) is 3.12. The largest absolute Gasteiger partial charge is 0.487 e. The minimum Gasteiger partial charge on any atom is -0.487 e. The minimum atomic E-state index is -0.214. The zero-order chi connectivity index (χ0) is 21.6. The van der Waals surface area contributed by atoms with Gasteiger partial charge < -0.3 is 19.6 Å². The number of hydrogen-bond donors (Lipinski definition) is 2. The highest BCUT2D eigenvalue weighted by Crippen LogP contribution is 2.19.